The summed E-state index contributed by atoms with van der Waals surface area (Å²) in [5.74, 6) is -1.64. The Labute approximate surface area is 147 Å². The zero-order valence-corrected chi connectivity index (χ0v) is 13.6. The molecular formula is C18H16F3NO4. The third-order valence-corrected chi connectivity index (χ3v) is 3.30. The highest BCUT2D eigenvalue weighted by Gasteiger charge is 2.10. The molecule has 0 aromatic heterocycles. The van der Waals surface area contributed by atoms with Crippen molar-refractivity contribution >= 4 is 11.9 Å². The lowest BCUT2D eigenvalue weighted by Crippen LogP contribution is -2.30. The van der Waals surface area contributed by atoms with Gasteiger partial charge in [0, 0.05) is 6.54 Å². The number of alkyl halides is 2. The van der Waals surface area contributed by atoms with Crippen LogP contribution < -0.4 is 10.1 Å². The minimum Gasteiger partial charge on any atom is -0.452 e. The molecule has 0 fully saturated rings. The molecule has 0 radical (unpaired) electrons. The minimum absolute atomic E-state index is 0.0560. The van der Waals surface area contributed by atoms with Crippen molar-refractivity contribution in [2.75, 3.05) is 13.2 Å². The molecule has 1 N–H and O–H groups in total. The molecule has 0 bridgehead atoms. The molecular weight excluding hydrogens is 351 g/mol. The summed E-state index contributed by atoms with van der Waals surface area (Å²) in [5.41, 5.74) is 0.959. The predicted molar refractivity (Wildman–Crippen MR) is 86.5 cm³/mol. The van der Waals surface area contributed by atoms with Crippen LogP contribution in [0.25, 0.3) is 0 Å². The highest BCUT2D eigenvalue weighted by atomic mass is 19.3. The fourth-order valence-corrected chi connectivity index (χ4v) is 2.04. The van der Waals surface area contributed by atoms with Gasteiger partial charge in [-0.25, -0.2) is 9.18 Å². The van der Waals surface area contributed by atoms with Gasteiger partial charge in [-0.15, -0.1) is 0 Å². The zero-order chi connectivity index (χ0) is 18.9. The second-order valence-corrected chi connectivity index (χ2v) is 5.21. The number of hydrogen-bond acceptors (Lipinski definition) is 4. The molecule has 0 aliphatic heterocycles. The second-order valence-electron chi connectivity index (χ2n) is 5.21. The summed E-state index contributed by atoms with van der Waals surface area (Å²) < 4.78 is 45.9. The molecule has 0 aliphatic rings. The van der Waals surface area contributed by atoms with Crippen LogP contribution in [-0.4, -0.2) is 31.6 Å². The lowest BCUT2D eigenvalue weighted by atomic mass is 10.1. The average molecular weight is 367 g/mol. The average Bonchev–Trinajstić information content (AvgIpc) is 2.61. The predicted octanol–water partition coefficient (Wildman–Crippen LogP) is 2.94. The van der Waals surface area contributed by atoms with Crippen LogP contribution in [0.1, 0.15) is 15.9 Å². The van der Waals surface area contributed by atoms with E-state index < -0.39 is 30.9 Å². The number of nitrogens with one attached hydrogen (secondary N) is 1. The molecule has 0 unspecified atom stereocenters. The van der Waals surface area contributed by atoms with Crippen LogP contribution >= 0.6 is 0 Å². The third kappa shape index (κ3) is 6.46. The minimum atomic E-state index is -2.88. The van der Waals surface area contributed by atoms with Gasteiger partial charge in [-0.05, 0) is 48.4 Å². The van der Waals surface area contributed by atoms with Crippen LogP contribution in [0.2, 0.25) is 0 Å². The Balaban J connectivity index is 1.68. The normalized spacial score (nSPS) is 10.5. The lowest BCUT2D eigenvalue weighted by molar-refractivity contribution is -0.124. The summed E-state index contributed by atoms with van der Waals surface area (Å²) in [4.78, 5) is 23.3. The van der Waals surface area contributed by atoms with Gasteiger partial charge in [-0.3, -0.25) is 4.79 Å². The number of ether oxygens (including phenoxy) is 2. The molecule has 0 saturated heterocycles. The van der Waals surface area contributed by atoms with Crippen molar-refractivity contribution in [2.24, 2.45) is 0 Å². The van der Waals surface area contributed by atoms with Crippen LogP contribution in [0.5, 0.6) is 5.75 Å². The molecule has 0 aliphatic carbocycles. The molecule has 2 aromatic rings. The van der Waals surface area contributed by atoms with Crippen LogP contribution in [-0.2, 0) is 16.0 Å². The number of rotatable bonds is 8. The van der Waals surface area contributed by atoms with Gasteiger partial charge in [0.15, 0.2) is 6.61 Å². The van der Waals surface area contributed by atoms with E-state index in [1.165, 1.54) is 24.3 Å². The number of esters is 1. The van der Waals surface area contributed by atoms with E-state index >= 15 is 0 Å². The van der Waals surface area contributed by atoms with Crippen molar-refractivity contribution < 1.29 is 32.2 Å². The zero-order valence-electron chi connectivity index (χ0n) is 13.6. The largest absolute Gasteiger partial charge is 0.452 e. The number of carbonyl (C=O) groups is 2. The maximum atomic E-state index is 12.8. The topological polar surface area (TPSA) is 64.6 Å². The van der Waals surface area contributed by atoms with Crippen molar-refractivity contribution in [3.05, 3.63) is 65.5 Å². The number of benzene rings is 2. The van der Waals surface area contributed by atoms with Crippen LogP contribution in [0, 0.1) is 5.82 Å². The van der Waals surface area contributed by atoms with Crippen molar-refractivity contribution in [3.8, 4) is 5.75 Å². The molecule has 0 atom stereocenters. The van der Waals surface area contributed by atoms with Gasteiger partial charge in [0.25, 0.3) is 5.91 Å². The monoisotopic (exact) mass is 367 g/mol. The summed E-state index contributed by atoms with van der Waals surface area (Å²) in [6.07, 6.45) is 0.465. The van der Waals surface area contributed by atoms with Crippen molar-refractivity contribution in [1.29, 1.82) is 0 Å². The Bertz CT molecular complexity index is 733. The van der Waals surface area contributed by atoms with E-state index in [0.29, 0.717) is 6.42 Å². The molecule has 0 spiro atoms. The number of hydrogen-bond donors (Lipinski definition) is 1. The van der Waals surface area contributed by atoms with E-state index in [2.05, 4.69) is 10.1 Å². The molecule has 0 saturated carbocycles. The summed E-state index contributed by atoms with van der Waals surface area (Å²) in [6.45, 7) is -3.06. The lowest BCUT2D eigenvalue weighted by Gasteiger charge is -2.08. The van der Waals surface area contributed by atoms with Gasteiger partial charge in [0.05, 0.1) is 5.56 Å². The quantitative estimate of drug-likeness (QED) is 0.729. The van der Waals surface area contributed by atoms with Crippen molar-refractivity contribution in [2.45, 2.75) is 13.0 Å². The first kappa shape index (κ1) is 19.3. The van der Waals surface area contributed by atoms with E-state index in [1.807, 2.05) is 0 Å². The summed E-state index contributed by atoms with van der Waals surface area (Å²) in [6, 6.07) is 10.8. The van der Waals surface area contributed by atoms with Crippen LogP contribution in [0.4, 0.5) is 13.2 Å². The first-order valence-electron chi connectivity index (χ1n) is 7.67. The maximum absolute atomic E-state index is 12.8. The van der Waals surface area contributed by atoms with E-state index in [1.54, 1.807) is 12.1 Å². The molecule has 8 heteroatoms. The van der Waals surface area contributed by atoms with Crippen molar-refractivity contribution in [3.63, 3.8) is 0 Å². The Morgan fingerprint density at radius 1 is 1.00 bits per heavy atom. The van der Waals surface area contributed by atoms with Gasteiger partial charge in [0.2, 0.25) is 0 Å². The highest BCUT2D eigenvalue weighted by Crippen LogP contribution is 2.15. The number of amides is 1. The molecule has 138 valence electrons. The van der Waals surface area contributed by atoms with E-state index in [4.69, 9.17) is 4.74 Å². The third-order valence-electron chi connectivity index (χ3n) is 3.30. The van der Waals surface area contributed by atoms with Crippen molar-refractivity contribution in [1.82, 2.24) is 5.32 Å². The summed E-state index contributed by atoms with van der Waals surface area (Å²) >= 11 is 0. The SMILES string of the molecule is O=C(COC(=O)c1ccc(F)cc1)NCCc1ccc(OC(F)F)cc1. The Morgan fingerprint density at radius 3 is 2.27 bits per heavy atom. The molecule has 2 rings (SSSR count). The number of carbonyl (C=O) groups excluding carboxylic acids is 2. The van der Waals surface area contributed by atoms with Gasteiger partial charge in [0.1, 0.15) is 11.6 Å². The van der Waals surface area contributed by atoms with Gasteiger partial charge >= 0.3 is 12.6 Å². The highest BCUT2D eigenvalue weighted by molar-refractivity contribution is 5.91. The molecule has 0 heterocycles. The fraction of sp³-hybridized carbons (Fsp3) is 0.222. The first-order chi connectivity index (χ1) is 12.4. The summed E-state index contributed by atoms with van der Waals surface area (Å²) in [5, 5.41) is 2.57. The summed E-state index contributed by atoms with van der Waals surface area (Å²) in [7, 11) is 0. The Kier molecular flexibility index (Phi) is 7.02. The molecule has 1 amide bonds. The second kappa shape index (κ2) is 9.45. The van der Waals surface area contributed by atoms with E-state index in [9.17, 15) is 22.8 Å². The van der Waals surface area contributed by atoms with E-state index in [-0.39, 0.29) is 17.9 Å². The Morgan fingerprint density at radius 2 is 1.65 bits per heavy atom. The van der Waals surface area contributed by atoms with E-state index in [0.717, 1.165) is 17.7 Å². The fourth-order valence-electron chi connectivity index (χ4n) is 2.04. The molecule has 2 aromatic carbocycles. The van der Waals surface area contributed by atoms with Gasteiger partial charge in [-0.2, -0.15) is 8.78 Å². The molecule has 26 heavy (non-hydrogen) atoms. The Hall–Kier alpha value is -3.03. The molecule has 5 nitrogen and oxygen atoms in total. The van der Waals surface area contributed by atoms with Gasteiger partial charge < -0.3 is 14.8 Å². The standard InChI is InChI=1S/C18H16F3NO4/c19-14-5-3-13(4-6-14)17(24)25-11-16(23)22-10-9-12-1-7-15(8-2-12)26-18(20)21/h1-8,18H,9-11H2,(H,22,23). The maximum Gasteiger partial charge on any atom is 0.387 e. The number of halogens is 3. The van der Waals surface area contributed by atoms with Crippen LogP contribution in [0.3, 0.4) is 0 Å². The van der Waals surface area contributed by atoms with Gasteiger partial charge in [-0.1, -0.05) is 12.1 Å². The van der Waals surface area contributed by atoms with Crippen LogP contribution in [0.15, 0.2) is 48.5 Å². The smallest absolute Gasteiger partial charge is 0.387 e. The first-order valence-corrected chi connectivity index (χ1v) is 7.67.